The number of nitrogens with zero attached hydrogens (tertiary/aromatic N) is 1. The largest absolute Gasteiger partial charge is 0.461 e. The van der Waals surface area contributed by atoms with Crippen LogP contribution in [0.2, 0.25) is 0 Å². The van der Waals surface area contributed by atoms with Gasteiger partial charge in [-0.05, 0) is 31.2 Å². The molecule has 25 heavy (non-hydrogen) atoms. The van der Waals surface area contributed by atoms with Crippen molar-refractivity contribution >= 4 is 18.2 Å². The summed E-state index contributed by atoms with van der Waals surface area (Å²) >= 11 is 0. The number of aldehydes is 1. The number of amides is 1. The third-order valence-electron chi connectivity index (χ3n) is 5.35. The number of benzene rings is 1. The highest BCUT2D eigenvalue weighted by molar-refractivity contribution is 5.87. The average molecular weight is 343 g/mol. The van der Waals surface area contributed by atoms with Crippen LogP contribution in [0.3, 0.4) is 0 Å². The van der Waals surface area contributed by atoms with Gasteiger partial charge in [0, 0.05) is 6.54 Å². The zero-order valence-electron chi connectivity index (χ0n) is 14.4. The molecular formula is C20H25NO4. The van der Waals surface area contributed by atoms with Gasteiger partial charge in [-0.1, -0.05) is 43.2 Å². The molecule has 1 saturated carbocycles. The third kappa shape index (κ3) is 4.09. The maximum Gasteiger partial charge on any atom is 0.310 e. The second-order valence-electron chi connectivity index (χ2n) is 6.97. The van der Waals surface area contributed by atoms with Crippen molar-refractivity contribution in [3.63, 3.8) is 0 Å². The maximum absolute atomic E-state index is 12.9. The molecule has 2 aliphatic rings. The molecule has 0 radical (unpaired) electrons. The van der Waals surface area contributed by atoms with Gasteiger partial charge in [0.15, 0.2) is 0 Å². The zero-order valence-corrected chi connectivity index (χ0v) is 14.4. The number of hydrogen-bond donors (Lipinski definition) is 0. The highest BCUT2D eigenvalue weighted by Crippen LogP contribution is 2.34. The molecule has 1 amide bonds. The van der Waals surface area contributed by atoms with Crippen molar-refractivity contribution in [2.45, 2.75) is 51.2 Å². The molecule has 3 rings (SSSR count). The number of carbonyl (C=O) groups is 3. The first-order valence-corrected chi connectivity index (χ1v) is 9.17. The van der Waals surface area contributed by atoms with Crippen LogP contribution < -0.4 is 0 Å². The molecule has 0 spiro atoms. The first kappa shape index (κ1) is 17.6. The Hall–Kier alpha value is -2.17. The van der Waals surface area contributed by atoms with Gasteiger partial charge in [0.2, 0.25) is 5.91 Å². The molecule has 1 aromatic rings. The number of carbonyl (C=O) groups excluding carboxylic acids is 3. The summed E-state index contributed by atoms with van der Waals surface area (Å²) in [5.41, 5.74) is 0.940. The summed E-state index contributed by atoms with van der Waals surface area (Å²) in [7, 11) is 0. The molecular weight excluding hydrogens is 318 g/mol. The minimum atomic E-state index is -0.391. The van der Waals surface area contributed by atoms with Gasteiger partial charge in [-0.15, -0.1) is 0 Å². The van der Waals surface area contributed by atoms with Crippen molar-refractivity contribution in [1.29, 1.82) is 0 Å². The third-order valence-corrected chi connectivity index (χ3v) is 5.35. The second-order valence-corrected chi connectivity index (χ2v) is 6.97. The van der Waals surface area contributed by atoms with Gasteiger partial charge < -0.3 is 14.4 Å². The Kier molecular flexibility index (Phi) is 5.84. The van der Waals surface area contributed by atoms with E-state index in [2.05, 4.69) is 0 Å². The van der Waals surface area contributed by atoms with Crippen LogP contribution in [0, 0.1) is 11.8 Å². The SMILES string of the molecule is O=CC1CCCN1C(=O)C1CCCCC1C(=O)OCc1ccccc1. The first-order chi connectivity index (χ1) is 12.2. The predicted octanol–water partition coefficient (Wildman–Crippen LogP) is 2.73. The van der Waals surface area contributed by atoms with Gasteiger partial charge in [-0.3, -0.25) is 9.59 Å². The summed E-state index contributed by atoms with van der Waals surface area (Å²) < 4.78 is 5.48. The molecule has 134 valence electrons. The van der Waals surface area contributed by atoms with Gasteiger partial charge in [0.1, 0.15) is 12.9 Å². The van der Waals surface area contributed by atoms with Crippen molar-refractivity contribution in [3.05, 3.63) is 35.9 Å². The van der Waals surface area contributed by atoms with E-state index in [0.717, 1.165) is 37.5 Å². The van der Waals surface area contributed by atoms with E-state index in [1.165, 1.54) is 0 Å². The van der Waals surface area contributed by atoms with Crippen LogP contribution in [-0.2, 0) is 25.7 Å². The van der Waals surface area contributed by atoms with Crippen LogP contribution in [0.1, 0.15) is 44.1 Å². The van der Waals surface area contributed by atoms with E-state index in [1.807, 2.05) is 30.3 Å². The van der Waals surface area contributed by atoms with Crippen molar-refractivity contribution in [2.75, 3.05) is 6.54 Å². The quantitative estimate of drug-likeness (QED) is 0.609. The van der Waals surface area contributed by atoms with E-state index < -0.39 is 5.92 Å². The molecule has 1 aliphatic heterocycles. The van der Waals surface area contributed by atoms with Crippen molar-refractivity contribution < 1.29 is 19.1 Å². The van der Waals surface area contributed by atoms with Crippen LogP contribution in [0.4, 0.5) is 0 Å². The minimum Gasteiger partial charge on any atom is -0.461 e. The summed E-state index contributed by atoms with van der Waals surface area (Å²) in [5.74, 6) is -1.07. The Bertz CT molecular complexity index is 615. The van der Waals surface area contributed by atoms with Gasteiger partial charge in [0.05, 0.1) is 17.9 Å². The lowest BCUT2D eigenvalue weighted by molar-refractivity contribution is -0.158. The van der Waals surface area contributed by atoms with E-state index >= 15 is 0 Å². The molecule has 1 heterocycles. The highest BCUT2D eigenvalue weighted by atomic mass is 16.5. The molecule has 1 aliphatic carbocycles. The van der Waals surface area contributed by atoms with E-state index in [9.17, 15) is 14.4 Å². The highest BCUT2D eigenvalue weighted by Gasteiger charge is 2.41. The maximum atomic E-state index is 12.9. The fraction of sp³-hybridized carbons (Fsp3) is 0.550. The van der Waals surface area contributed by atoms with Crippen molar-refractivity contribution in [2.24, 2.45) is 11.8 Å². The number of esters is 1. The molecule has 5 nitrogen and oxygen atoms in total. The Morgan fingerprint density at radius 1 is 1.04 bits per heavy atom. The number of ether oxygens (including phenoxy) is 1. The molecule has 0 bridgehead atoms. The number of rotatable bonds is 5. The first-order valence-electron chi connectivity index (χ1n) is 9.17. The van der Waals surface area contributed by atoms with Gasteiger partial charge in [0.25, 0.3) is 0 Å². The Balaban J connectivity index is 1.64. The number of hydrogen-bond acceptors (Lipinski definition) is 4. The molecule has 0 N–H and O–H groups in total. The van der Waals surface area contributed by atoms with Gasteiger partial charge in [-0.25, -0.2) is 0 Å². The summed E-state index contributed by atoms with van der Waals surface area (Å²) in [6.07, 6.45) is 5.70. The fourth-order valence-electron chi connectivity index (χ4n) is 3.96. The van der Waals surface area contributed by atoms with Crippen LogP contribution in [0.15, 0.2) is 30.3 Å². The van der Waals surface area contributed by atoms with Crippen LogP contribution in [0.25, 0.3) is 0 Å². The lowest BCUT2D eigenvalue weighted by Gasteiger charge is -2.33. The smallest absolute Gasteiger partial charge is 0.310 e. The van der Waals surface area contributed by atoms with Crippen molar-refractivity contribution in [1.82, 2.24) is 4.90 Å². The lowest BCUT2D eigenvalue weighted by Crippen LogP contribution is -2.45. The van der Waals surface area contributed by atoms with Crippen LogP contribution in [0.5, 0.6) is 0 Å². The molecule has 1 aromatic carbocycles. The van der Waals surface area contributed by atoms with Crippen LogP contribution in [-0.4, -0.2) is 35.6 Å². The second kappa shape index (κ2) is 8.28. The zero-order chi connectivity index (χ0) is 17.6. The lowest BCUT2D eigenvalue weighted by atomic mass is 9.78. The number of likely N-dealkylation sites (tertiary alicyclic amines) is 1. The van der Waals surface area contributed by atoms with Crippen LogP contribution >= 0.6 is 0 Å². The van der Waals surface area contributed by atoms with E-state index in [-0.39, 0.29) is 30.4 Å². The molecule has 3 unspecified atom stereocenters. The topological polar surface area (TPSA) is 63.7 Å². The molecule has 1 saturated heterocycles. The summed E-state index contributed by atoms with van der Waals surface area (Å²) in [6, 6.07) is 9.23. The van der Waals surface area contributed by atoms with E-state index in [1.54, 1.807) is 4.90 Å². The Morgan fingerprint density at radius 2 is 1.76 bits per heavy atom. The van der Waals surface area contributed by atoms with Gasteiger partial charge >= 0.3 is 5.97 Å². The molecule has 0 aromatic heterocycles. The molecule has 3 atom stereocenters. The van der Waals surface area contributed by atoms with E-state index in [0.29, 0.717) is 19.4 Å². The minimum absolute atomic E-state index is 0.0454. The molecule has 2 fully saturated rings. The summed E-state index contributed by atoms with van der Waals surface area (Å²) in [5, 5.41) is 0. The monoisotopic (exact) mass is 343 g/mol. The van der Waals surface area contributed by atoms with Gasteiger partial charge in [-0.2, -0.15) is 0 Å². The Labute approximate surface area is 148 Å². The average Bonchev–Trinajstić information content (AvgIpc) is 3.15. The van der Waals surface area contributed by atoms with E-state index in [4.69, 9.17) is 4.74 Å². The fourth-order valence-corrected chi connectivity index (χ4v) is 3.96. The normalized spacial score (nSPS) is 26.2. The molecule has 5 heteroatoms. The Morgan fingerprint density at radius 3 is 2.48 bits per heavy atom. The van der Waals surface area contributed by atoms with Crippen molar-refractivity contribution in [3.8, 4) is 0 Å². The predicted molar refractivity (Wildman–Crippen MR) is 92.5 cm³/mol. The summed E-state index contributed by atoms with van der Waals surface area (Å²) in [6.45, 7) is 0.849. The standard InChI is InChI=1S/C20H25NO4/c22-13-16-9-6-12-21(16)19(23)17-10-4-5-11-18(17)20(24)25-14-15-7-2-1-3-8-15/h1-3,7-8,13,16-18H,4-6,9-12,14H2. The summed E-state index contributed by atoms with van der Waals surface area (Å²) in [4.78, 5) is 38.4.